The molecule has 4 N–H and O–H groups in total. The minimum Gasteiger partial charge on any atom is -0.458 e. The van der Waals surface area contributed by atoms with Gasteiger partial charge in [0.15, 0.2) is 0 Å². The highest BCUT2D eigenvalue weighted by molar-refractivity contribution is 7.88. The molecule has 2 unspecified atom stereocenters. The zero-order valence-electron chi connectivity index (χ0n) is 29.7. The molecule has 0 bridgehead atoms. The summed E-state index contributed by atoms with van der Waals surface area (Å²) in [5, 5.41) is 40.0. The molecule has 0 aromatic heterocycles. The van der Waals surface area contributed by atoms with E-state index in [1.54, 1.807) is 29.2 Å². The Morgan fingerprint density at radius 2 is 1.66 bits per heavy atom. The minimum absolute atomic E-state index is 0.121. The highest BCUT2D eigenvalue weighted by Gasteiger charge is 2.48. The summed E-state index contributed by atoms with van der Waals surface area (Å²) >= 11 is 0. The van der Waals surface area contributed by atoms with Gasteiger partial charge in [0.05, 0.1) is 24.8 Å². The number of aryl methyl sites for hydroxylation is 1. The van der Waals surface area contributed by atoms with Crippen LogP contribution in [-0.2, 0) is 35.5 Å². The van der Waals surface area contributed by atoms with Crippen LogP contribution in [0.5, 0.6) is 0 Å². The third kappa shape index (κ3) is 9.68. The van der Waals surface area contributed by atoms with Crippen molar-refractivity contribution in [2.24, 2.45) is 5.92 Å². The maximum atomic E-state index is 13.9. The summed E-state index contributed by atoms with van der Waals surface area (Å²) < 4.78 is 49.5. The van der Waals surface area contributed by atoms with Crippen molar-refractivity contribution in [2.75, 3.05) is 31.4 Å². The van der Waals surface area contributed by atoms with Crippen LogP contribution in [0.3, 0.4) is 0 Å². The summed E-state index contributed by atoms with van der Waals surface area (Å²) in [5.41, 5.74) is 3.64. The molecule has 3 aromatic rings. The second-order valence-corrected chi connectivity index (χ2v) is 15.6. The highest BCUT2D eigenvalue weighted by atomic mass is 32.2. The lowest BCUT2D eigenvalue weighted by molar-refractivity contribution is -0.214. The second kappa shape index (κ2) is 17.3. The molecule has 3 aromatic carbocycles. The SMILES string of the molecule is CC(=O)O[C@@H](CCC1C(=O)N(c2ccc(CCCN(C)S(C)(=O)=O)cc2)[C@@H]1c1ccc(C#CC2O[C@H](CO)[C@@H](O)[C@H](O)[C@H]2O)cc1)c1ccc(F)cc1. The highest BCUT2D eigenvalue weighted by Crippen LogP contribution is 2.46. The molecule has 0 saturated carbocycles. The summed E-state index contributed by atoms with van der Waals surface area (Å²) in [5.74, 6) is 4.15. The van der Waals surface area contributed by atoms with Gasteiger partial charge in [-0.05, 0) is 78.8 Å². The van der Waals surface area contributed by atoms with Gasteiger partial charge in [-0.2, -0.15) is 0 Å². The molecule has 2 fully saturated rings. The van der Waals surface area contributed by atoms with E-state index in [9.17, 15) is 42.8 Å². The van der Waals surface area contributed by atoms with E-state index < -0.39 is 77.0 Å². The summed E-state index contributed by atoms with van der Waals surface area (Å²) in [6, 6.07) is 20.0. The fourth-order valence-corrected chi connectivity index (χ4v) is 7.10. The maximum Gasteiger partial charge on any atom is 0.303 e. The van der Waals surface area contributed by atoms with Crippen molar-refractivity contribution >= 4 is 27.6 Å². The molecule has 284 valence electrons. The van der Waals surface area contributed by atoms with E-state index in [4.69, 9.17) is 9.47 Å². The van der Waals surface area contributed by atoms with Crippen LogP contribution in [0.25, 0.3) is 0 Å². The van der Waals surface area contributed by atoms with E-state index >= 15 is 0 Å². The van der Waals surface area contributed by atoms with Crippen LogP contribution in [0.15, 0.2) is 72.8 Å². The number of halogens is 1. The summed E-state index contributed by atoms with van der Waals surface area (Å²) in [7, 11) is -1.73. The van der Waals surface area contributed by atoms with Crippen molar-refractivity contribution in [3.63, 3.8) is 0 Å². The Morgan fingerprint density at radius 1 is 1.00 bits per heavy atom. The van der Waals surface area contributed by atoms with Crippen LogP contribution in [-0.4, -0.2) is 102 Å². The van der Waals surface area contributed by atoms with Crippen molar-refractivity contribution in [3.8, 4) is 11.8 Å². The summed E-state index contributed by atoms with van der Waals surface area (Å²) in [6.07, 6.45) is -4.31. The third-order valence-electron chi connectivity index (χ3n) is 9.73. The number of carbonyl (C=O) groups excluding carboxylic acids is 2. The molecule has 53 heavy (non-hydrogen) atoms. The number of benzene rings is 3. The molecule has 2 saturated heterocycles. The Labute approximate surface area is 308 Å². The van der Waals surface area contributed by atoms with Crippen LogP contribution in [0.4, 0.5) is 10.1 Å². The number of ether oxygens (including phenoxy) is 2. The van der Waals surface area contributed by atoms with Gasteiger partial charge >= 0.3 is 5.97 Å². The predicted octanol–water partition coefficient (Wildman–Crippen LogP) is 2.63. The molecular formula is C39H45FN2O10S. The quantitative estimate of drug-likeness (QED) is 0.116. The first-order valence-electron chi connectivity index (χ1n) is 17.4. The first-order chi connectivity index (χ1) is 25.2. The van der Waals surface area contributed by atoms with Gasteiger partial charge in [0, 0.05) is 31.8 Å². The van der Waals surface area contributed by atoms with Crippen molar-refractivity contribution in [2.45, 2.75) is 75.3 Å². The monoisotopic (exact) mass is 752 g/mol. The first-order valence-corrected chi connectivity index (χ1v) is 19.2. The van der Waals surface area contributed by atoms with Crippen LogP contribution in [0.2, 0.25) is 0 Å². The lowest BCUT2D eigenvalue weighted by Gasteiger charge is -2.48. The molecule has 0 radical (unpaired) electrons. The van der Waals surface area contributed by atoms with Gasteiger partial charge in [-0.25, -0.2) is 17.1 Å². The van der Waals surface area contributed by atoms with Gasteiger partial charge < -0.3 is 34.8 Å². The number of aliphatic hydroxyl groups is 4. The molecule has 0 aliphatic carbocycles. The van der Waals surface area contributed by atoms with Gasteiger partial charge in [-0.15, -0.1) is 0 Å². The van der Waals surface area contributed by atoms with E-state index in [2.05, 4.69) is 11.8 Å². The zero-order valence-corrected chi connectivity index (χ0v) is 30.5. The van der Waals surface area contributed by atoms with E-state index in [-0.39, 0.29) is 5.91 Å². The summed E-state index contributed by atoms with van der Waals surface area (Å²) in [4.78, 5) is 27.5. The van der Waals surface area contributed by atoms with Crippen molar-refractivity contribution in [3.05, 3.63) is 101 Å². The van der Waals surface area contributed by atoms with E-state index in [0.29, 0.717) is 49.0 Å². The standard InChI is InChI=1S/C39H45FN2O10S/c1-24(44)51-32(27-13-15-29(40)16-14-27)21-19-31-35(42(39(31)48)30-17-8-25(9-18-30)5-4-22-41(2)53(3,49)50)28-11-6-26(7-12-28)10-20-33-36(45)38(47)37(46)34(23-43)52-33/h6-9,11-18,31-38,43,45-47H,4-5,19,21-23H2,1-3H3/t31?,32-,33?,34+,35+,36-,37+,38+/m0/s1. The smallest absolute Gasteiger partial charge is 0.303 e. The molecule has 2 aliphatic heterocycles. The minimum atomic E-state index is -3.27. The number of carbonyl (C=O) groups is 2. The number of rotatable bonds is 13. The number of β-lactam (4-membered cyclic amide) rings is 1. The number of hydrogen-bond acceptors (Lipinski definition) is 10. The topological polar surface area (TPSA) is 174 Å². The number of aliphatic hydroxyl groups excluding tert-OH is 4. The number of amides is 1. The lowest BCUT2D eigenvalue weighted by atomic mass is 9.78. The van der Waals surface area contributed by atoms with Gasteiger partial charge in [0.2, 0.25) is 15.9 Å². The zero-order chi connectivity index (χ0) is 38.4. The molecular weight excluding hydrogens is 707 g/mol. The van der Waals surface area contributed by atoms with Crippen molar-refractivity contribution in [1.29, 1.82) is 0 Å². The molecule has 2 heterocycles. The van der Waals surface area contributed by atoms with E-state index in [0.717, 1.165) is 11.1 Å². The first kappa shape index (κ1) is 40.0. The van der Waals surface area contributed by atoms with Crippen LogP contribution in [0, 0.1) is 23.6 Å². The average molecular weight is 753 g/mol. The normalized spacial score (nSPS) is 25.0. The molecule has 2 aliphatic rings. The average Bonchev–Trinajstić information content (AvgIpc) is 3.12. The Kier molecular flexibility index (Phi) is 13.1. The van der Waals surface area contributed by atoms with Crippen LogP contribution >= 0.6 is 0 Å². The summed E-state index contributed by atoms with van der Waals surface area (Å²) in [6.45, 7) is 1.11. The predicted molar refractivity (Wildman–Crippen MR) is 193 cm³/mol. The van der Waals surface area contributed by atoms with E-state index in [1.165, 1.54) is 36.7 Å². The fourth-order valence-electron chi connectivity index (χ4n) is 6.64. The van der Waals surface area contributed by atoms with Crippen molar-refractivity contribution in [1.82, 2.24) is 4.31 Å². The van der Waals surface area contributed by atoms with Gasteiger partial charge in [0.25, 0.3) is 0 Å². The van der Waals surface area contributed by atoms with Gasteiger partial charge in [0.1, 0.15) is 42.4 Å². The number of anilines is 1. The third-order valence-corrected chi connectivity index (χ3v) is 11.0. The van der Waals surface area contributed by atoms with Gasteiger partial charge in [-0.3, -0.25) is 9.59 Å². The molecule has 12 nitrogen and oxygen atoms in total. The van der Waals surface area contributed by atoms with Crippen LogP contribution in [0.1, 0.15) is 60.6 Å². The fraction of sp³-hybridized carbons (Fsp3) is 0.436. The Balaban J connectivity index is 1.36. The van der Waals surface area contributed by atoms with E-state index in [1.807, 2.05) is 36.4 Å². The second-order valence-electron chi connectivity index (χ2n) is 13.5. The molecule has 5 rings (SSSR count). The van der Waals surface area contributed by atoms with Crippen molar-refractivity contribution < 1.29 is 52.3 Å². The Morgan fingerprint density at radius 3 is 2.26 bits per heavy atom. The number of nitrogens with zero attached hydrogens (tertiary/aromatic N) is 2. The lowest BCUT2D eigenvalue weighted by Crippen LogP contribution is -2.58. The Hall–Kier alpha value is -4.20. The molecule has 14 heteroatoms. The molecule has 1 amide bonds. The number of hydrogen-bond donors (Lipinski definition) is 4. The van der Waals surface area contributed by atoms with Gasteiger partial charge in [-0.1, -0.05) is 48.2 Å². The number of esters is 1. The maximum absolute atomic E-state index is 13.9. The number of sulfonamides is 1. The largest absolute Gasteiger partial charge is 0.458 e. The van der Waals surface area contributed by atoms with Crippen LogP contribution < -0.4 is 4.90 Å². The molecule has 8 atom stereocenters. The molecule has 0 spiro atoms. The Bertz CT molecular complexity index is 1900.